The minimum Gasteiger partial charge on any atom is -0.368 e. The van der Waals surface area contributed by atoms with Crippen molar-refractivity contribution in [1.82, 2.24) is 5.32 Å². The fourth-order valence-corrected chi connectivity index (χ4v) is 1.30. The summed E-state index contributed by atoms with van der Waals surface area (Å²) in [6.07, 6.45) is 0. The van der Waals surface area contributed by atoms with Crippen LogP contribution >= 0.6 is 0 Å². The number of nitrogens with zero attached hydrogens (tertiary/aromatic N) is 1. The summed E-state index contributed by atoms with van der Waals surface area (Å²) in [5, 5.41) is 3.24. The third kappa shape index (κ3) is 4.47. The summed E-state index contributed by atoms with van der Waals surface area (Å²) in [7, 11) is 0. The lowest BCUT2D eigenvalue weighted by Crippen LogP contribution is -2.19. The topological polar surface area (TPSA) is 24.4 Å². The fourth-order valence-electron chi connectivity index (χ4n) is 1.30. The van der Waals surface area contributed by atoms with Crippen molar-refractivity contribution in [2.45, 2.75) is 34.6 Å². The van der Waals surface area contributed by atoms with Gasteiger partial charge in [0.25, 0.3) is 0 Å². The van der Waals surface area contributed by atoms with Crippen molar-refractivity contribution in [3.8, 4) is 0 Å². The molecular formula is C14H26N2. The van der Waals surface area contributed by atoms with E-state index in [1.807, 2.05) is 27.7 Å². The molecule has 0 saturated carbocycles. The maximum Gasteiger partial charge on any atom is 0.128 e. The van der Waals surface area contributed by atoms with E-state index in [1.54, 1.807) is 0 Å². The number of hydrogen-bond acceptors (Lipinski definition) is 2. The second kappa shape index (κ2) is 8.96. The fraction of sp³-hybridized carbons (Fsp3) is 0.500. The zero-order chi connectivity index (χ0) is 12.4. The van der Waals surface area contributed by atoms with Crippen molar-refractivity contribution >= 4 is 5.84 Å². The Hall–Kier alpha value is -1.31. The molecule has 0 bridgehead atoms. The minimum absolute atomic E-state index is 0. The maximum absolute atomic E-state index is 4.34. The van der Waals surface area contributed by atoms with Crippen molar-refractivity contribution in [2.24, 2.45) is 4.99 Å². The Morgan fingerprint density at radius 3 is 2.06 bits per heavy atom. The van der Waals surface area contributed by atoms with Gasteiger partial charge in [-0.2, -0.15) is 0 Å². The second-order valence-corrected chi connectivity index (χ2v) is 3.02. The molecule has 1 aliphatic heterocycles. The number of rotatable bonds is 1. The van der Waals surface area contributed by atoms with Gasteiger partial charge in [0.05, 0.1) is 6.54 Å². The van der Waals surface area contributed by atoms with E-state index in [4.69, 9.17) is 0 Å². The van der Waals surface area contributed by atoms with E-state index < -0.39 is 0 Å². The Bertz CT molecular complexity index is 305. The summed E-state index contributed by atoms with van der Waals surface area (Å²) in [4.78, 5) is 4.34. The van der Waals surface area contributed by atoms with E-state index in [0.717, 1.165) is 18.9 Å². The summed E-state index contributed by atoms with van der Waals surface area (Å²) in [6.45, 7) is 12.0. The Balaban J connectivity index is 0. The predicted molar refractivity (Wildman–Crippen MR) is 75.4 cm³/mol. The summed E-state index contributed by atoms with van der Waals surface area (Å²) in [5.41, 5.74) is 2.48. The lowest BCUT2D eigenvalue weighted by atomic mass is 10.1. The maximum atomic E-state index is 4.34. The predicted octanol–water partition coefficient (Wildman–Crippen LogP) is 3.64. The zero-order valence-corrected chi connectivity index (χ0v) is 11.2. The monoisotopic (exact) mass is 222 g/mol. The third-order valence-corrected chi connectivity index (χ3v) is 2.00. The van der Waals surface area contributed by atoms with Gasteiger partial charge in [0.1, 0.15) is 5.84 Å². The van der Waals surface area contributed by atoms with Gasteiger partial charge in [-0.15, -0.1) is 0 Å². The molecule has 16 heavy (non-hydrogen) atoms. The standard InChI is InChI=1S/C10H12N2.2C2H6.H2/c1-8-2-4-9(5-3-8)10-11-6-7-12-10;2*1-2;/h2-5H,6-7H2,1H3,(H,11,12);2*1-2H3;1H. The summed E-state index contributed by atoms with van der Waals surface area (Å²) in [6, 6.07) is 8.43. The molecule has 0 atom stereocenters. The van der Waals surface area contributed by atoms with Crippen LogP contribution in [-0.4, -0.2) is 18.9 Å². The third-order valence-electron chi connectivity index (χ3n) is 2.00. The van der Waals surface area contributed by atoms with E-state index >= 15 is 0 Å². The number of aryl methyl sites for hydroxylation is 1. The van der Waals surface area contributed by atoms with E-state index in [2.05, 4.69) is 41.5 Å². The smallest absolute Gasteiger partial charge is 0.128 e. The summed E-state index contributed by atoms with van der Waals surface area (Å²) in [5.74, 6) is 1.04. The van der Waals surface area contributed by atoms with Crippen LogP contribution in [0.2, 0.25) is 0 Å². The molecule has 2 rings (SSSR count). The first-order valence-electron chi connectivity index (χ1n) is 6.21. The molecule has 92 valence electrons. The van der Waals surface area contributed by atoms with Gasteiger partial charge in [0.15, 0.2) is 0 Å². The molecule has 0 radical (unpaired) electrons. The molecule has 1 aromatic carbocycles. The van der Waals surface area contributed by atoms with Crippen LogP contribution in [-0.2, 0) is 0 Å². The van der Waals surface area contributed by atoms with Crippen molar-refractivity contribution in [3.63, 3.8) is 0 Å². The highest BCUT2D eigenvalue weighted by molar-refractivity contribution is 5.99. The van der Waals surface area contributed by atoms with Gasteiger partial charge in [-0.1, -0.05) is 57.5 Å². The zero-order valence-electron chi connectivity index (χ0n) is 11.2. The summed E-state index contributed by atoms with van der Waals surface area (Å²) >= 11 is 0. The van der Waals surface area contributed by atoms with Gasteiger partial charge in [-0.05, 0) is 6.92 Å². The number of hydrogen-bond donors (Lipinski definition) is 1. The normalized spacial score (nSPS) is 12.4. The largest absolute Gasteiger partial charge is 0.368 e. The van der Waals surface area contributed by atoms with Crippen molar-refractivity contribution in [2.75, 3.05) is 13.1 Å². The highest BCUT2D eigenvalue weighted by atomic mass is 15.1. The molecule has 0 aromatic heterocycles. The molecule has 2 heteroatoms. The minimum atomic E-state index is 0. The average Bonchev–Trinajstić information content (AvgIpc) is 2.89. The van der Waals surface area contributed by atoms with E-state index in [0.29, 0.717) is 0 Å². The van der Waals surface area contributed by atoms with Gasteiger partial charge in [-0.25, -0.2) is 0 Å². The van der Waals surface area contributed by atoms with E-state index in [-0.39, 0.29) is 1.43 Å². The lowest BCUT2D eigenvalue weighted by molar-refractivity contribution is 0.960. The molecule has 0 aliphatic carbocycles. The Kier molecular flexibility index (Phi) is 8.22. The van der Waals surface area contributed by atoms with Gasteiger partial charge in [-0.3, -0.25) is 4.99 Å². The van der Waals surface area contributed by atoms with Crippen LogP contribution in [0, 0.1) is 6.92 Å². The highest BCUT2D eigenvalue weighted by Gasteiger charge is 2.05. The van der Waals surface area contributed by atoms with Crippen LogP contribution in [0.3, 0.4) is 0 Å². The van der Waals surface area contributed by atoms with Crippen molar-refractivity contribution < 1.29 is 1.43 Å². The molecule has 1 aromatic rings. The van der Waals surface area contributed by atoms with Crippen LogP contribution < -0.4 is 5.32 Å². The Morgan fingerprint density at radius 1 is 1.06 bits per heavy atom. The molecule has 0 saturated heterocycles. The van der Waals surface area contributed by atoms with Crippen molar-refractivity contribution in [3.05, 3.63) is 35.4 Å². The van der Waals surface area contributed by atoms with Gasteiger partial charge >= 0.3 is 0 Å². The molecule has 1 aliphatic rings. The van der Waals surface area contributed by atoms with E-state index in [1.165, 1.54) is 11.1 Å². The first kappa shape index (κ1) is 14.7. The molecule has 0 spiro atoms. The van der Waals surface area contributed by atoms with Gasteiger partial charge in [0.2, 0.25) is 0 Å². The SMILES string of the molecule is CC.CC.Cc1ccc(C2=NCCN2)cc1.[HH]. The Labute approximate surface area is 101 Å². The van der Waals surface area contributed by atoms with Crippen molar-refractivity contribution in [1.29, 1.82) is 0 Å². The van der Waals surface area contributed by atoms with Gasteiger partial charge in [0, 0.05) is 13.5 Å². The van der Waals surface area contributed by atoms with Gasteiger partial charge < -0.3 is 5.32 Å². The van der Waals surface area contributed by atoms with E-state index in [9.17, 15) is 0 Å². The quantitative estimate of drug-likeness (QED) is 0.770. The average molecular weight is 222 g/mol. The molecule has 2 nitrogen and oxygen atoms in total. The number of benzene rings is 1. The number of amidine groups is 1. The number of aliphatic imine (C=N–C) groups is 1. The van der Waals surface area contributed by atoms with Crippen LogP contribution in [0.4, 0.5) is 0 Å². The van der Waals surface area contributed by atoms with Crippen LogP contribution in [0.5, 0.6) is 0 Å². The number of nitrogens with one attached hydrogen (secondary N) is 1. The Morgan fingerprint density at radius 2 is 1.62 bits per heavy atom. The molecular weight excluding hydrogens is 196 g/mol. The van der Waals surface area contributed by atoms with Crippen LogP contribution in [0.25, 0.3) is 0 Å². The highest BCUT2D eigenvalue weighted by Crippen LogP contribution is 2.05. The second-order valence-electron chi connectivity index (χ2n) is 3.02. The molecule has 0 fully saturated rings. The molecule has 1 N–H and O–H groups in total. The molecule has 0 amide bonds. The van der Waals surface area contributed by atoms with Crippen LogP contribution in [0.15, 0.2) is 29.3 Å². The molecule has 1 heterocycles. The molecule has 0 unspecified atom stereocenters. The lowest BCUT2D eigenvalue weighted by Gasteiger charge is -2.01. The van der Waals surface area contributed by atoms with Crippen LogP contribution in [0.1, 0.15) is 40.2 Å². The summed E-state index contributed by atoms with van der Waals surface area (Å²) < 4.78 is 0. The first-order valence-corrected chi connectivity index (χ1v) is 6.21. The first-order chi connectivity index (χ1) is 7.86.